The molecule has 106 valence electrons. The van der Waals surface area contributed by atoms with E-state index in [1.807, 2.05) is 13.0 Å². The van der Waals surface area contributed by atoms with Gasteiger partial charge in [-0.25, -0.2) is 0 Å². The molecule has 0 bridgehead atoms. The molecule has 1 unspecified atom stereocenters. The predicted molar refractivity (Wildman–Crippen MR) is 74.2 cm³/mol. The Kier molecular flexibility index (Phi) is 4.78. The molecule has 1 aromatic carbocycles. The Morgan fingerprint density at radius 1 is 1.50 bits per heavy atom. The zero-order chi connectivity index (χ0) is 14.4. The fourth-order valence-electron chi connectivity index (χ4n) is 2.06. The number of nitrogens with zero attached hydrogens (tertiary/aromatic N) is 4. The van der Waals surface area contributed by atoms with Crippen LogP contribution < -0.4 is 5.32 Å². The van der Waals surface area contributed by atoms with Crippen LogP contribution in [0.2, 0.25) is 0 Å². The molecular formula is C13H17N5O2. The summed E-state index contributed by atoms with van der Waals surface area (Å²) in [5.41, 5.74) is 1.05. The van der Waals surface area contributed by atoms with Crippen LogP contribution in [0.3, 0.4) is 0 Å². The molecule has 1 aromatic heterocycles. The summed E-state index contributed by atoms with van der Waals surface area (Å²) in [6.07, 6.45) is 4.30. The van der Waals surface area contributed by atoms with Crippen molar-refractivity contribution in [2.75, 3.05) is 6.54 Å². The number of aromatic nitrogens is 3. The van der Waals surface area contributed by atoms with Gasteiger partial charge in [0.25, 0.3) is 5.69 Å². The van der Waals surface area contributed by atoms with Crippen molar-refractivity contribution < 1.29 is 4.92 Å². The van der Waals surface area contributed by atoms with Crippen molar-refractivity contribution in [3.8, 4) is 0 Å². The lowest BCUT2D eigenvalue weighted by atomic mass is 10.0. The van der Waals surface area contributed by atoms with Crippen molar-refractivity contribution in [2.24, 2.45) is 0 Å². The number of nitro benzene ring substituents is 1. The Hall–Kier alpha value is -2.28. The minimum atomic E-state index is -0.369. The van der Waals surface area contributed by atoms with Crippen molar-refractivity contribution in [1.82, 2.24) is 20.3 Å². The van der Waals surface area contributed by atoms with E-state index in [9.17, 15) is 10.1 Å². The summed E-state index contributed by atoms with van der Waals surface area (Å²) in [4.78, 5) is 10.4. The largest absolute Gasteiger partial charge is 0.308 e. The SMILES string of the molecule is CCC(NCCn1ccnn1)c1cccc([N+](=O)[O-])c1. The maximum Gasteiger partial charge on any atom is 0.269 e. The Labute approximate surface area is 116 Å². The smallest absolute Gasteiger partial charge is 0.269 e. The van der Waals surface area contributed by atoms with E-state index < -0.39 is 0 Å². The average molecular weight is 275 g/mol. The second-order valence-electron chi connectivity index (χ2n) is 4.43. The molecule has 2 rings (SSSR count). The van der Waals surface area contributed by atoms with E-state index >= 15 is 0 Å². The normalized spacial score (nSPS) is 12.2. The molecule has 7 nitrogen and oxygen atoms in total. The highest BCUT2D eigenvalue weighted by Gasteiger charge is 2.12. The van der Waals surface area contributed by atoms with E-state index in [-0.39, 0.29) is 16.7 Å². The molecule has 0 amide bonds. The standard InChI is InChI=1S/C13H17N5O2/c1-2-13(14-6-8-17-9-7-15-16-17)11-4-3-5-12(10-11)18(19)20/h3-5,7,9-10,13-14H,2,6,8H2,1H3. The third kappa shape index (κ3) is 3.61. The molecule has 2 aromatic rings. The molecule has 0 spiro atoms. The first kappa shape index (κ1) is 14.1. The van der Waals surface area contributed by atoms with Gasteiger partial charge in [0, 0.05) is 30.9 Å². The second-order valence-corrected chi connectivity index (χ2v) is 4.43. The summed E-state index contributed by atoms with van der Waals surface area (Å²) in [7, 11) is 0. The van der Waals surface area contributed by atoms with Gasteiger partial charge in [-0.2, -0.15) is 0 Å². The second kappa shape index (κ2) is 6.76. The maximum atomic E-state index is 10.8. The van der Waals surface area contributed by atoms with Gasteiger partial charge in [0.2, 0.25) is 0 Å². The molecule has 1 heterocycles. The van der Waals surface area contributed by atoms with E-state index in [0.717, 1.165) is 18.5 Å². The summed E-state index contributed by atoms with van der Waals surface area (Å²) in [5, 5.41) is 21.8. The lowest BCUT2D eigenvalue weighted by molar-refractivity contribution is -0.384. The molecule has 0 aliphatic carbocycles. The van der Waals surface area contributed by atoms with Crippen molar-refractivity contribution in [1.29, 1.82) is 0 Å². The molecule has 0 aliphatic rings. The van der Waals surface area contributed by atoms with Crippen LogP contribution in [0.25, 0.3) is 0 Å². The van der Waals surface area contributed by atoms with Crippen molar-refractivity contribution >= 4 is 5.69 Å². The summed E-state index contributed by atoms with van der Waals surface area (Å²) >= 11 is 0. The summed E-state index contributed by atoms with van der Waals surface area (Å²) < 4.78 is 1.74. The molecule has 0 saturated heterocycles. The van der Waals surface area contributed by atoms with Crippen LogP contribution in [-0.4, -0.2) is 26.5 Å². The molecule has 1 atom stereocenters. The van der Waals surface area contributed by atoms with Gasteiger partial charge >= 0.3 is 0 Å². The van der Waals surface area contributed by atoms with Crippen molar-refractivity contribution in [2.45, 2.75) is 25.9 Å². The average Bonchev–Trinajstić information content (AvgIpc) is 2.97. The number of hydrogen-bond acceptors (Lipinski definition) is 5. The summed E-state index contributed by atoms with van der Waals surface area (Å²) in [6, 6.07) is 6.85. The topological polar surface area (TPSA) is 85.9 Å². The zero-order valence-electron chi connectivity index (χ0n) is 11.3. The Morgan fingerprint density at radius 3 is 3.00 bits per heavy atom. The van der Waals surface area contributed by atoms with Gasteiger partial charge < -0.3 is 5.32 Å². The monoisotopic (exact) mass is 275 g/mol. The third-order valence-corrected chi connectivity index (χ3v) is 3.10. The van der Waals surface area contributed by atoms with Crippen LogP contribution in [0.4, 0.5) is 5.69 Å². The van der Waals surface area contributed by atoms with Gasteiger partial charge in [0.15, 0.2) is 0 Å². The first-order chi connectivity index (χ1) is 9.70. The number of benzene rings is 1. The van der Waals surface area contributed by atoms with E-state index in [0.29, 0.717) is 6.54 Å². The van der Waals surface area contributed by atoms with Crippen LogP contribution in [0.15, 0.2) is 36.7 Å². The number of nitro groups is 1. The molecule has 0 aliphatic heterocycles. The Bertz CT molecular complexity index is 556. The Morgan fingerprint density at radius 2 is 2.35 bits per heavy atom. The van der Waals surface area contributed by atoms with E-state index in [1.54, 1.807) is 29.2 Å². The third-order valence-electron chi connectivity index (χ3n) is 3.10. The predicted octanol–water partition coefficient (Wildman–Crippen LogP) is 1.93. The van der Waals surface area contributed by atoms with Crippen LogP contribution in [0, 0.1) is 10.1 Å². The quantitative estimate of drug-likeness (QED) is 0.616. The first-order valence-corrected chi connectivity index (χ1v) is 6.52. The van der Waals surface area contributed by atoms with Crippen molar-refractivity contribution in [3.63, 3.8) is 0 Å². The molecule has 1 N–H and O–H groups in total. The van der Waals surface area contributed by atoms with Crippen LogP contribution >= 0.6 is 0 Å². The molecule has 0 saturated carbocycles. The van der Waals surface area contributed by atoms with Gasteiger partial charge in [-0.3, -0.25) is 14.8 Å². The number of hydrogen-bond donors (Lipinski definition) is 1. The number of non-ortho nitro benzene ring substituents is 1. The molecule has 0 fully saturated rings. The molecular weight excluding hydrogens is 258 g/mol. The van der Waals surface area contributed by atoms with Crippen LogP contribution in [0.1, 0.15) is 24.9 Å². The van der Waals surface area contributed by atoms with Gasteiger partial charge in [-0.05, 0) is 12.0 Å². The molecule has 0 radical (unpaired) electrons. The number of nitrogens with one attached hydrogen (secondary N) is 1. The fraction of sp³-hybridized carbons (Fsp3) is 0.385. The highest BCUT2D eigenvalue weighted by molar-refractivity contribution is 5.35. The molecule has 20 heavy (non-hydrogen) atoms. The van der Waals surface area contributed by atoms with E-state index in [2.05, 4.69) is 15.6 Å². The first-order valence-electron chi connectivity index (χ1n) is 6.52. The Balaban J connectivity index is 1.97. The highest BCUT2D eigenvalue weighted by atomic mass is 16.6. The lowest BCUT2D eigenvalue weighted by Gasteiger charge is -2.17. The zero-order valence-corrected chi connectivity index (χ0v) is 11.3. The van der Waals surface area contributed by atoms with Gasteiger partial charge in [0.05, 0.1) is 17.7 Å². The minimum Gasteiger partial charge on any atom is -0.308 e. The summed E-state index contributed by atoms with van der Waals surface area (Å²) in [6.45, 7) is 3.49. The van der Waals surface area contributed by atoms with Gasteiger partial charge in [-0.1, -0.05) is 24.3 Å². The van der Waals surface area contributed by atoms with E-state index in [1.165, 1.54) is 6.07 Å². The van der Waals surface area contributed by atoms with Crippen LogP contribution in [-0.2, 0) is 6.54 Å². The highest BCUT2D eigenvalue weighted by Crippen LogP contribution is 2.21. The number of rotatable bonds is 7. The maximum absolute atomic E-state index is 10.8. The van der Waals surface area contributed by atoms with E-state index in [4.69, 9.17) is 0 Å². The molecule has 7 heteroatoms. The van der Waals surface area contributed by atoms with Gasteiger partial charge in [-0.15, -0.1) is 5.10 Å². The minimum absolute atomic E-state index is 0.0958. The summed E-state index contributed by atoms with van der Waals surface area (Å²) in [5.74, 6) is 0. The fourth-order valence-corrected chi connectivity index (χ4v) is 2.06. The lowest BCUT2D eigenvalue weighted by Crippen LogP contribution is -2.25. The van der Waals surface area contributed by atoms with Gasteiger partial charge in [0.1, 0.15) is 0 Å². The van der Waals surface area contributed by atoms with Crippen molar-refractivity contribution in [3.05, 3.63) is 52.3 Å². The van der Waals surface area contributed by atoms with Crippen LogP contribution in [0.5, 0.6) is 0 Å².